The van der Waals surface area contributed by atoms with Gasteiger partial charge in [0.2, 0.25) is 23.2 Å². The van der Waals surface area contributed by atoms with E-state index in [4.69, 9.17) is 4.74 Å². The van der Waals surface area contributed by atoms with E-state index < -0.39 is 6.23 Å². The van der Waals surface area contributed by atoms with Crippen molar-refractivity contribution >= 4 is 50.6 Å². The molecular weight excluding hydrogens is 460 g/mol. The zero-order valence-corrected chi connectivity index (χ0v) is 18.1. The molecule has 4 rings (SSSR count). The molecule has 9 heteroatoms. The first-order valence-corrected chi connectivity index (χ1v) is 11.0. The summed E-state index contributed by atoms with van der Waals surface area (Å²) in [7, 11) is 0. The smallest absolute Gasteiger partial charge is 0.247 e. The van der Waals surface area contributed by atoms with Gasteiger partial charge in [-0.1, -0.05) is 36.0 Å². The highest BCUT2D eigenvalue weighted by Crippen LogP contribution is 2.44. The van der Waals surface area contributed by atoms with E-state index in [0.717, 1.165) is 14.2 Å². The van der Waals surface area contributed by atoms with Crippen LogP contribution in [0.25, 0.3) is 11.3 Å². The normalized spacial score (nSPS) is 15.2. The molecule has 0 saturated carbocycles. The number of para-hydroxylation sites is 1. The molecule has 0 unspecified atom stereocenters. The summed E-state index contributed by atoms with van der Waals surface area (Å²) in [5.41, 5.74) is 1.99. The van der Waals surface area contributed by atoms with Crippen LogP contribution in [0.3, 0.4) is 0 Å². The molecule has 0 radical (unpaired) electrons. The van der Waals surface area contributed by atoms with Crippen LogP contribution in [-0.2, 0) is 4.79 Å². The molecule has 3 aromatic rings. The van der Waals surface area contributed by atoms with E-state index >= 15 is 0 Å². The van der Waals surface area contributed by atoms with Crippen LogP contribution >= 0.6 is 39.0 Å². The van der Waals surface area contributed by atoms with Crippen molar-refractivity contribution in [2.75, 3.05) is 10.7 Å². The first-order chi connectivity index (χ1) is 13.6. The Labute approximate surface area is 178 Å². The molecule has 0 aliphatic carbocycles. The van der Waals surface area contributed by atoms with Gasteiger partial charge in [-0.05, 0) is 34.1 Å². The second-order valence-corrected chi connectivity index (χ2v) is 9.35. The van der Waals surface area contributed by atoms with Crippen molar-refractivity contribution in [1.82, 2.24) is 15.2 Å². The number of hydrogen-bond donors (Lipinski definition) is 0. The number of rotatable bonds is 4. The van der Waals surface area contributed by atoms with E-state index in [-0.39, 0.29) is 5.91 Å². The third-order valence-electron chi connectivity index (χ3n) is 4.02. The SMILES string of the molecule is C=CCSc1nnc2c(n1)O[C@@H](c1ccc(Br)s1)N(C(C)=O)c1ccccc1-2. The Bertz CT molecular complexity index is 1060. The molecule has 0 saturated heterocycles. The van der Waals surface area contributed by atoms with Gasteiger partial charge in [0.1, 0.15) is 0 Å². The summed E-state index contributed by atoms with van der Waals surface area (Å²) < 4.78 is 7.23. The first-order valence-electron chi connectivity index (χ1n) is 8.38. The molecule has 1 aliphatic rings. The lowest BCUT2D eigenvalue weighted by molar-refractivity contribution is -0.118. The minimum atomic E-state index is -0.648. The Hall–Kier alpha value is -2.23. The van der Waals surface area contributed by atoms with Crippen LogP contribution in [0.2, 0.25) is 0 Å². The van der Waals surface area contributed by atoms with Crippen molar-refractivity contribution in [2.45, 2.75) is 18.3 Å². The summed E-state index contributed by atoms with van der Waals surface area (Å²) in [5.74, 6) is 0.883. The number of hydrogen-bond acceptors (Lipinski definition) is 7. The Morgan fingerprint density at radius 3 is 2.89 bits per heavy atom. The van der Waals surface area contributed by atoms with Crippen molar-refractivity contribution in [3.8, 4) is 17.1 Å². The third kappa shape index (κ3) is 3.57. The van der Waals surface area contributed by atoms with Gasteiger partial charge in [0.15, 0.2) is 5.69 Å². The van der Waals surface area contributed by atoms with Gasteiger partial charge in [0.05, 0.1) is 14.4 Å². The van der Waals surface area contributed by atoms with Crippen molar-refractivity contribution in [1.29, 1.82) is 0 Å². The van der Waals surface area contributed by atoms with Gasteiger partial charge in [0.25, 0.3) is 0 Å². The molecular formula is C19H15BrN4O2S2. The molecule has 1 aliphatic heterocycles. The number of thiophene rings is 1. The molecule has 1 aromatic carbocycles. The highest BCUT2D eigenvalue weighted by molar-refractivity contribution is 9.11. The number of carbonyl (C=O) groups excluding carboxylic acids is 1. The molecule has 28 heavy (non-hydrogen) atoms. The van der Waals surface area contributed by atoms with Gasteiger partial charge in [-0.25, -0.2) is 0 Å². The summed E-state index contributed by atoms with van der Waals surface area (Å²) in [4.78, 5) is 19.7. The van der Waals surface area contributed by atoms with Crippen molar-refractivity contribution in [2.24, 2.45) is 0 Å². The maximum Gasteiger partial charge on any atom is 0.247 e. The summed E-state index contributed by atoms with van der Waals surface area (Å²) >= 11 is 6.42. The van der Waals surface area contributed by atoms with Gasteiger partial charge in [0, 0.05) is 18.2 Å². The highest BCUT2D eigenvalue weighted by atomic mass is 79.9. The fraction of sp³-hybridized carbons (Fsp3) is 0.158. The lowest BCUT2D eigenvalue weighted by Gasteiger charge is -2.28. The summed E-state index contributed by atoms with van der Waals surface area (Å²) in [6.07, 6.45) is 1.13. The third-order valence-corrected chi connectivity index (χ3v) is 6.51. The van der Waals surface area contributed by atoms with Crippen LogP contribution < -0.4 is 9.64 Å². The second kappa shape index (κ2) is 8.02. The number of fused-ring (bicyclic) bond motifs is 3. The zero-order chi connectivity index (χ0) is 19.7. The quantitative estimate of drug-likeness (QED) is 0.387. The van der Waals surface area contributed by atoms with E-state index in [1.807, 2.05) is 36.4 Å². The Balaban J connectivity index is 1.91. The van der Waals surface area contributed by atoms with Gasteiger partial charge in [-0.3, -0.25) is 9.69 Å². The first kappa shape index (κ1) is 19.1. The van der Waals surface area contributed by atoms with E-state index in [2.05, 4.69) is 37.7 Å². The molecule has 0 bridgehead atoms. The number of nitrogens with zero attached hydrogens (tertiary/aromatic N) is 4. The fourth-order valence-corrected chi connectivity index (χ4v) is 4.85. The molecule has 1 atom stereocenters. The highest BCUT2D eigenvalue weighted by Gasteiger charge is 2.35. The van der Waals surface area contributed by atoms with Gasteiger partial charge >= 0.3 is 0 Å². The number of aromatic nitrogens is 3. The summed E-state index contributed by atoms with van der Waals surface area (Å²) in [5, 5.41) is 9.07. The number of carbonyl (C=O) groups is 1. The van der Waals surface area contributed by atoms with Gasteiger partial charge in [-0.15, -0.1) is 28.1 Å². The van der Waals surface area contributed by atoms with Crippen LogP contribution in [-0.4, -0.2) is 26.8 Å². The maximum absolute atomic E-state index is 12.6. The minimum absolute atomic E-state index is 0.135. The van der Waals surface area contributed by atoms with Crippen molar-refractivity contribution in [3.05, 3.63) is 57.7 Å². The topological polar surface area (TPSA) is 68.2 Å². The van der Waals surface area contributed by atoms with Crippen LogP contribution in [0.5, 0.6) is 5.88 Å². The summed E-state index contributed by atoms with van der Waals surface area (Å²) in [6, 6.07) is 11.4. The average Bonchev–Trinajstić information content (AvgIpc) is 3.06. The number of benzene rings is 1. The minimum Gasteiger partial charge on any atom is -0.446 e. The van der Waals surface area contributed by atoms with E-state index in [1.54, 1.807) is 11.0 Å². The number of anilines is 1. The van der Waals surface area contributed by atoms with Gasteiger partial charge in [-0.2, -0.15) is 4.98 Å². The number of ether oxygens (including phenoxy) is 1. The Kier molecular flexibility index (Phi) is 5.47. The molecule has 142 valence electrons. The lowest BCUT2D eigenvalue weighted by Crippen LogP contribution is -2.35. The Morgan fingerprint density at radius 1 is 1.36 bits per heavy atom. The van der Waals surface area contributed by atoms with E-state index in [0.29, 0.717) is 28.2 Å². The number of thioether (sulfide) groups is 1. The van der Waals surface area contributed by atoms with Crippen molar-refractivity contribution < 1.29 is 9.53 Å². The van der Waals surface area contributed by atoms with E-state index in [9.17, 15) is 4.79 Å². The van der Waals surface area contributed by atoms with E-state index in [1.165, 1.54) is 30.0 Å². The maximum atomic E-state index is 12.6. The number of halogens is 1. The summed E-state index contributed by atoms with van der Waals surface area (Å²) in [6.45, 7) is 5.24. The van der Waals surface area contributed by atoms with Crippen molar-refractivity contribution in [3.63, 3.8) is 0 Å². The lowest BCUT2D eigenvalue weighted by atomic mass is 10.1. The Morgan fingerprint density at radius 2 is 2.18 bits per heavy atom. The van der Waals surface area contributed by atoms with Crippen LogP contribution in [0.15, 0.2) is 58.0 Å². The molecule has 1 amide bonds. The standard InChI is InChI=1S/C19H15BrN4O2S2/c1-3-10-27-19-21-17-16(22-23-19)12-6-4-5-7-13(12)24(11(2)25)18(26-17)14-8-9-15(20)28-14/h3-9,18H,1,10H2,2H3/t18-/m0/s1. The van der Waals surface area contributed by atoms with Gasteiger partial charge < -0.3 is 4.74 Å². The average molecular weight is 475 g/mol. The predicted octanol–water partition coefficient (Wildman–Crippen LogP) is 5.08. The predicted molar refractivity (Wildman–Crippen MR) is 115 cm³/mol. The number of amides is 1. The molecule has 2 aromatic heterocycles. The van der Waals surface area contributed by atoms with Crippen LogP contribution in [0, 0.1) is 0 Å². The monoisotopic (exact) mass is 474 g/mol. The molecule has 0 spiro atoms. The second-order valence-electron chi connectivity index (χ2n) is 5.87. The largest absolute Gasteiger partial charge is 0.446 e. The van der Waals surface area contributed by atoms with Crippen LogP contribution in [0.4, 0.5) is 5.69 Å². The molecule has 3 heterocycles. The fourth-order valence-electron chi connectivity index (χ4n) is 2.89. The molecule has 0 N–H and O–H groups in total. The zero-order valence-electron chi connectivity index (χ0n) is 14.8. The molecule has 0 fully saturated rings. The van der Waals surface area contributed by atoms with Crippen LogP contribution in [0.1, 0.15) is 18.0 Å². The molecule has 6 nitrogen and oxygen atoms in total.